The average Bonchev–Trinajstić information content (AvgIpc) is 3.78. The number of benzene rings is 2. The van der Waals surface area contributed by atoms with Crippen LogP contribution in [0.25, 0.3) is 11.0 Å². The molecule has 0 aliphatic carbocycles. The first kappa shape index (κ1) is 36.4. The van der Waals surface area contributed by atoms with E-state index in [4.69, 9.17) is 9.47 Å². The third kappa shape index (κ3) is 8.22. The SMILES string of the molecule is CNC(=O)[C@H](CCCc1ccccc1)NC(=O)C1CN(C(=O)Cc2c[nH]c3ncccc23)CC2CN(C(=O)c3ccc(OC(C)C)c(OC)c3)CC21. The number of aryl methyl sites for hydroxylation is 1. The molecule has 12 heteroatoms. The molecule has 4 aromatic rings. The highest BCUT2D eigenvalue weighted by Gasteiger charge is 2.48. The third-order valence-corrected chi connectivity index (χ3v) is 10.2. The molecule has 0 radical (unpaired) electrons. The van der Waals surface area contributed by atoms with Gasteiger partial charge in [0.15, 0.2) is 11.5 Å². The maximum Gasteiger partial charge on any atom is 0.254 e. The number of carbonyl (C=O) groups excluding carboxylic acids is 4. The number of carbonyl (C=O) groups is 4. The van der Waals surface area contributed by atoms with Gasteiger partial charge in [-0.3, -0.25) is 19.2 Å². The van der Waals surface area contributed by atoms with Gasteiger partial charge < -0.3 is 34.9 Å². The Bertz CT molecular complexity index is 1890. The minimum atomic E-state index is -0.734. The number of pyridine rings is 1. The summed E-state index contributed by atoms with van der Waals surface area (Å²) in [5, 5.41) is 6.62. The fourth-order valence-electron chi connectivity index (χ4n) is 7.57. The number of likely N-dealkylation sites (tertiary alicyclic amines) is 2. The van der Waals surface area contributed by atoms with E-state index < -0.39 is 12.0 Å². The number of hydrogen-bond donors (Lipinski definition) is 3. The molecule has 2 saturated heterocycles. The van der Waals surface area contributed by atoms with Gasteiger partial charge in [-0.2, -0.15) is 0 Å². The lowest BCUT2D eigenvalue weighted by Crippen LogP contribution is -2.56. The van der Waals surface area contributed by atoms with E-state index in [1.807, 2.05) is 56.3 Å². The summed E-state index contributed by atoms with van der Waals surface area (Å²) in [6, 6.07) is 18.2. The van der Waals surface area contributed by atoms with E-state index in [9.17, 15) is 19.2 Å². The lowest BCUT2D eigenvalue weighted by molar-refractivity contribution is -0.140. The second-order valence-electron chi connectivity index (χ2n) is 14.0. The predicted molar refractivity (Wildman–Crippen MR) is 197 cm³/mol. The van der Waals surface area contributed by atoms with Gasteiger partial charge in [-0.15, -0.1) is 0 Å². The summed E-state index contributed by atoms with van der Waals surface area (Å²) in [6.07, 6.45) is 5.52. The minimum absolute atomic E-state index is 0.0645. The molecule has 6 rings (SSSR count). The van der Waals surface area contributed by atoms with Crippen LogP contribution in [-0.2, 0) is 27.2 Å². The van der Waals surface area contributed by atoms with Crippen LogP contribution in [0.1, 0.15) is 48.2 Å². The fraction of sp³-hybridized carbons (Fsp3) is 0.425. The maximum atomic E-state index is 14.2. The minimum Gasteiger partial charge on any atom is -0.493 e. The number of nitrogens with zero attached hydrogens (tertiary/aromatic N) is 3. The zero-order valence-electron chi connectivity index (χ0n) is 30.3. The van der Waals surface area contributed by atoms with Gasteiger partial charge in [0.05, 0.1) is 25.6 Å². The molecule has 3 unspecified atom stereocenters. The van der Waals surface area contributed by atoms with Gasteiger partial charge in [-0.05, 0) is 86.4 Å². The van der Waals surface area contributed by atoms with Crippen LogP contribution in [0.2, 0.25) is 0 Å². The lowest BCUT2D eigenvalue weighted by Gasteiger charge is -2.40. The van der Waals surface area contributed by atoms with E-state index in [2.05, 4.69) is 20.6 Å². The van der Waals surface area contributed by atoms with Crippen molar-refractivity contribution in [3.63, 3.8) is 0 Å². The van der Waals surface area contributed by atoms with Crippen LogP contribution < -0.4 is 20.1 Å². The molecule has 52 heavy (non-hydrogen) atoms. The molecule has 2 aliphatic heterocycles. The quantitative estimate of drug-likeness (QED) is 0.190. The lowest BCUT2D eigenvalue weighted by atomic mass is 9.79. The summed E-state index contributed by atoms with van der Waals surface area (Å²) in [4.78, 5) is 66.1. The zero-order chi connectivity index (χ0) is 36.8. The van der Waals surface area contributed by atoms with Crippen molar-refractivity contribution in [2.75, 3.05) is 40.3 Å². The van der Waals surface area contributed by atoms with Crippen molar-refractivity contribution in [3.8, 4) is 11.5 Å². The van der Waals surface area contributed by atoms with Crippen molar-refractivity contribution in [2.45, 2.75) is 51.7 Å². The van der Waals surface area contributed by atoms with Crippen molar-refractivity contribution < 1.29 is 28.7 Å². The first-order valence-corrected chi connectivity index (χ1v) is 18.0. The van der Waals surface area contributed by atoms with Gasteiger partial charge in [0.2, 0.25) is 17.7 Å². The van der Waals surface area contributed by atoms with Crippen LogP contribution in [0.4, 0.5) is 0 Å². The number of H-pyrrole nitrogens is 1. The summed E-state index contributed by atoms with van der Waals surface area (Å²) in [5.74, 6) is -0.795. The standard InChI is InChI=1S/C40H48N6O6/c1-25(2)52-34-16-15-27(18-35(34)51-4)40(50)46-22-29-21-45(36(47)19-28-20-43-37-30(28)13-9-17-42-37)24-32(31(29)23-46)38(48)44-33(39(49)41-3)14-8-12-26-10-6-5-7-11-26/h5-7,9-11,13,15-18,20,25,29,31-33H,8,12,14,19,21-24H2,1-4H3,(H,41,49)(H,42,43)(H,44,48)/t29?,31?,32?,33-/m0/s1. The van der Waals surface area contributed by atoms with Crippen LogP contribution in [0, 0.1) is 17.8 Å². The molecule has 4 atom stereocenters. The monoisotopic (exact) mass is 708 g/mol. The number of amides is 4. The van der Waals surface area contributed by atoms with Gasteiger partial charge in [0.1, 0.15) is 11.7 Å². The first-order valence-electron chi connectivity index (χ1n) is 18.0. The molecule has 4 heterocycles. The summed E-state index contributed by atoms with van der Waals surface area (Å²) in [6.45, 7) is 5.18. The van der Waals surface area contributed by atoms with Crippen LogP contribution in [0.15, 0.2) is 73.1 Å². The van der Waals surface area contributed by atoms with Crippen molar-refractivity contribution >= 4 is 34.7 Å². The molecule has 2 aromatic carbocycles. The number of nitrogens with one attached hydrogen (secondary N) is 3. The van der Waals surface area contributed by atoms with Gasteiger partial charge in [0.25, 0.3) is 5.91 Å². The molecular weight excluding hydrogens is 660 g/mol. The summed E-state index contributed by atoms with van der Waals surface area (Å²) in [7, 11) is 3.10. The molecule has 0 saturated carbocycles. The second kappa shape index (κ2) is 16.3. The van der Waals surface area contributed by atoms with Gasteiger partial charge in [-0.25, -0.2) is 4.98 Å². The normalized spacial score (nSPS) is 18.9. The first-order chi connectivity index (χ1) is 25.1. The molecule has 0 bridgehead atoms. The van der Waals surface area contributed by atoms with Crippen LogP contribution in [0.5, 0.6) is 11.5 Å². The van der Waals surface area contributed by atoms with Crippen molar-refractivity contribution in [2.24, 2.45) is 17.8 Å². The van der Waals surface area contributed by atoms with Crippen LogP contribution in [0.3, 0.4) is 0 Å². The van der Waals surface area contributed by atoms with E-state index >= 15 is 0 Å². The average molecular weight is 709 g/mol. The molecule has 0 spiro atoms. The third-order valence-electron chi connectivity index (χ3n) is 10.2. The Morgan fingerprint density at radius 1 is 0.962 bits per heavy atom. The topological polar surface area (TPSA) is 146 Å². The van der Waals surface area contributed by atoms with E-state index in [0.29, 0.717) is 55.2 Å². The highest BCUT2D eigenvalue weighted by atomic mass is 16.5. The predicted octanol–water partition coefficient (Wildman–Crippen LogP) is 4.00. The van der Waals surface area contributed by atoms with E-state index in [0.717, 1.165) is 22.9 Å². The summed E-state index contributed by atoms with van der Waals surface area (Å²) < 4.78 is 11.4. The Kier molecular flexibility index (Phi) is 11.4. The molecular formula is C40H48N6O6. The fourth-order valence-corrected chi connectivity index (χ4v) is 7.57. The number of methoxy groups -OCH3 is 1. The molecule has 274 valence electrons. The van der Waals surface area contributed by atoms with E-state index in [1.165, 1.54) is 7.11 Å². The van der Waals surface area contributed by atoms with E-state index in [1.54, 1.807) is 47.4 Å². The Labute approximate surface area is 304 Å². The number of fused-ring (bicyclic) bond motifs is 2. The zero-order valence-corrected chi connectivity index (χ0v) is 30.3. The van der Waals surface area contributed by atoms with Gasteiger partial charge in [0, 0.05) is 56.6 Å². The number of ether oxygens (including phenoxy) is 2. The summed E-state index contributed by atoms with van der Waals surface area (Å²) >= 11 is 0. The highest BCUT2D eigenvalue weighted by Crippen LogP contribution is 2.37. The number of piperidine rings is 1. The number of likely N-dealkylation sites (N-methyl/N-ethyl adjacent to an activating group) is 1. The number of aromatic amines is 1. The number of aromatic nitrogens is 2. The Hall–Kier alpha value is -5.39. The number of rotatable bonds is 13. The van der Waals surface area contributed by atoms with Crippen molar-refractivity contribution in [3.05, 3.63) is 89.7 Å². The summed E-state index contributed by atoms with van der Waals surface area (Å²) in [5.41, 5.74) is 3.15. The van der Waals surface area contributed by atoms with Gasteiger partial charge in [-0.1, -0.05) is 30.3 Å². The van der Waals surface area contributed by atoms with Gasteiger partial charge >= 0.3 is 0 Å². The van der Waals surface area contributed by atoms with Crippen molar-refractivity contribution in [1.82, 2.24) is 30.4 Å². The van der Waals surface area contributed by atoms with Crippen molar-refractivity contribution in [1.29, 1.82) is 0 Å². The molecule has 2 fully saturated rings. The van der Waals surface area contributed by atoms with Crippen LogP contribution >= 0.6 is 0 Å². The van der Waals surface area contributed by atoms with Crippen LogP contribution in [-0.4, -0.2) is 95.9 Å². The highest BCUT2D eigenvalue weighted by molar-refractivity contribution is 5.95. The largest absolute Gasteiger partial charge is 0.493 e. The molecule has 2 aliphatic rings. The Balaban J connectivity index is 1.22. The Morgan fingerprint density at radius 2 is 1.75 bits per heavy atom. The smallest absolute Gasteiger partial charge is 0.254 e. The second-order valence-corrected chi connectivity index (χ2v) is 14.0. The molecule has 2 aromatic heterocycles. The maximum absolute atomic E-state index is 14.2. The molecule has 3 N–H and O–H groups in total. The number of hydrogen-bond acceptors (Lipinski definition) is 7. The molecule has 4 amide bonds. The molecule has 12 nitrogen and oxygen atoms in total. The Morgan fingerprint density at radius 3 is 2.50 bits per heavy atom. The van der Waals surface area contributed by atoms with E-state index in [-0.39, 0.29) is 54.5 Å².